The zero-order chi connectivity index (χ0) is 39.7. The largest absolute Gasteiger partial charge is 0.463 e. The Morgan fingerprint density at radius 3 is 1.98 bits per heavy atom. The quantitative estimate of drug-likeness (QED) is 0.186. The van der Waals surface area contributed by atoms with E-state index in [1.54, 1.807) is 13.1 Å². The van der Waals surface area contributed by atoms with E-state index in [1.807, 2.05) is 0 Å². The molecule has 0 spiro atoms. The summed E-state index contributed by atoms with van der Waals surface area (Å²) in [4.78, 5) is 96.1. The second kappa shape index (κ2) is 18.6. The molecule has 0 aliphatic carbocycles. The van der Waals surface area contributed by atoms with Crippen molar-refractivity contribution in [2.75, 3.05) is 18.9 Å². The average molecular weight is 796 g/mol. The first-order valence-electron chi connectivity index (χ1n) is 16.0. The molecule has 2 aliphatic rings. The van der Waals surface area contributed by atoms with E-state index in [1.165, 1.54) is 45.4 Å². The molecule has 4 aromatic heterocycles. The number of ether oxygens (including phenoxy) is 7. The maximum Gasteiger partial charge on any atom is 0.311 e. The van der Waals surface area contributed by atoms with Crippen LogP contribution in [0.3, 0.4) is 0 Å². The lowest BCUT2D eigenvalue weighted by Gasteiger charge is -2.19. The molecule has 3 N–H and O–H groups in total. The summed E-state index contributed by atoms with van der Waals surface area (Å²) in [7, 11) is 0. The van der Waals surface area contributed by atoms with Crippen LogP contribution in [-0.2, 0) is 57.1 Å². The molecular formula is C31H37N7O14S2. The minimum Gasteiger partial charge on any atom is -0.463 e. The number of thiazole rings is 2. The molecule has 2 aliphatic heterocycles. The Kier molecular flexibility index (Phi) is 14.2. The van der Waals surface area contributed by atoms with E-state index in [4.69, 9.17) is 38.9 Å². The van der Waals surface area contributed by atoms with Crippen LogP contribution in [0, 0.1) is 6.92 Å². The summed E-state index contributed by atoms with van der Waals surface area (Å²) < 4.78 is 38.8. The topological polar surface area (TPSA) is 282 Å². The van der Waals surface area contributed by atoms with E-state index in [-0.39, 0.29) is 28.9 Å². The number of nitrogen functional groups attached to an aromatic ring is 1. The third-order valence-electron chi connectivity index (χ3n) is 7.06. The minimum absolute atomic E-state index is 0.0223. The molecule has 0 saturated carbocycles. The van der Waals surface area contributed by atoms with Gasteiger partial charge in [0.2, 0.25) is 12.2 Å². The number of esters is 5. The number of hydrogen-bond acceptors (Lipinski definition) is 21. The first-order chi connectivity index (χ1) is 25.5. The standard InChI is InChI=1S/C15H17N3O6S.C11H16O7.C5H4N4OS/c1-7-16-5-12-13(17-7)18(15(21)25-12)14-11(23-9(3)20)4-10(24-14)6-22-8(2)19;1-6(12)15-5-9-4-10(16-7(2)13)11(18-9)17-8(3)14;6-4-7-1-2-3(8-4)9-5(10)11-2/h5,10-11,14H,4,6H2,1-3H3;9-11H,4-5H2,1-3H3;1H,(H3,6,7,8,9,10)/t10-,11+,14+;;/m0../s1. The van der Waals surface area contributed by atoms with Gasteiger partial charge in [0.25, 0.3) is 0 Å². The molecule has 6 rings (SSSR count). The van der Waals surface area contributed by atoms with Gasteiger partial charge in [0.05, 0.1) is 34.0 Å². The average Bonchev–Trinajstić information content (AvgIpc) is 3.82. The summed E-state index contributed by atoms with van der Waals surface area (Å²) in [6.07, 6.45) is -0.351. The number of aryl methyl sites for hydroxylation is 1. The molecule has 0 aromatic carbocycles. The number of fused-ring (bicyclic) bond motifs is 2. The van der Waals surface area contributed by atoms with Crippen LogP contribution in [0.15, 0.2) is 22.0 Å². The molecule has 6 atom stereocenters. The van der Waals surface area contributed by atoms with Gasteiger partial charge in [-0.25, -0.2) is 15.0 Å². The fourth-order valence-electron chi connectivity index (χ4n) is 5.10. The summed E-state index contributed by atoms with van der Waals surface area (Å²) in [5, 5.41) is 0. The van der Waals surface area contributed by atoms with Crippen LogP contribution in [0.5, 0.6) is 0 Å². The van der Waals surface area contributed by atoms with Gasteiger partial charge in [-0.1, -0.05) is 22.7 Å². The van der Waals surface area contributed by atoms with Gasteiger partial charge in [0.1, 0.15) is 25.1 Å². The lowest BCUT2D eigenvalue weighted by atomic mass is 10.2. The van der Waals surface area contributed by atoms with Crippen molar-refractivity contribution in [3.05, 3.63) is 37.6 Å². The molecule has 6 heterocycles. The van der Waals surface area contributed by atoms with E-state index in [2.05, 4.69) is 24.9 Å². The first-order valence-corrected chi connectivity index (χ1v) is 17.7. The zero-order valence-corrected chi connectivity index (χ0v) is 31.4. The van der Waals surface area contributed by atoms with Gasteiger partial charge >= 0.3 is 39.6 Å². The number of carbonyl (C=O) groups excluding carboxylic acids is 5. The molecule has 21 nitrogen and oxygen atoms in total. The molecule has 0 radical (unpaired) electrons. The highest BCUT2D eigenvalue weighted by Gasteiger charge is 2.42. The molecular weight excluding hydrogens is 759 g/mol. The zero-order valence-electron chi connectivity index (χ0n) is 29.8. The molecule has 0 amide bonds. The lowest BCUT2D eigenvalue weighted by molar-refractivity contribution is -0.196. The van der Waals surface area contributed by atoms with Gasteiger partial charge in [-0.2, -0.15) is 4.98 Å². The summed E-state index contributed by atoms with van der Waals surface area (Å²) in [6.45, 7) is 8.12. The van der Waals surface area contributed by atoms with Crippen molar-refractivity contribution >= 4 is 79.2 Å². The number of nitrogens with two attached hydrogens (primary N) is 1. The van der Waals surface area contributed by atoms with Crippen LogP contribution in [0.4, 0.5) is 5.95 Å². The van der Waals surface area contributed by atoms with Gasteiger partial charge in [-0.3, -0.25) is 43.1 Å². The van der Waals surface area contributed by atoms with Crippen molar-refractivity contribution < 1.29 is 57.1 Å². The molecule has 0 bridgehead atoms. The molecule has 54 heavy (non-hydrogen) atoms. The number of aromatic amines is 1. The van der Waals surface area contributed by atoms with Crippen LogP contribution < -0.4 is 15.5 Å². The smallest absolute Gasteiger partial charge is 0.311 e. The Hall–Kier alpha value is -5.39. The van der Waals surface area contributed by atoms with Crippen molar-refractivity contribution in [3.8, 4) is 0 Å². The van der Waals surface area contributed by atoms with Gasteiger partial charge in [0.15, 0.2) is 23.6 Å². The second-order valence-electron chi connectivity index (χ2n) is 11.6. The Labute approximate surface area is 313 Å². The van der Waals surface area contributed by atoms with E-state index in [0.29, 0.717) is 34.7 Å². The van der Waals surface area contributed by atoms with Crippen LogP contribution in [0.2, 0.25) is 0 Å². The summed E-state index contributed by atoms with van der Waals surface area (Å²) in [5.41, 5.74) is 6.23. The van der Waals surface area contributed by atoms with Crippen molar-refractivity contribution in [3.63, 3.8) is 0 Å². The number of H-pyrrole nitrogens is 1. The maximum atomic E-state index is 12.4. The fourth-order valence-corrected chi connectivity index (χ4v) is 6.57. The highest BCUT2D eigenvalue weighted by molar-refractivity contribution is 7.16. The first kappa shape index (κ1) is 41.4. The normalized spacial score (nSPS) is 21.6. The molecule has 2 fully saturated rings. The summed E-state index contributed by atoms with van der Waals surface area (Å²) in [5.74, 6) is -1.69. The molecule has 292 valence electrons. The predicted molar refractivity (Wildman–Crippen MR) is 187 cm³/mol. The van der Waals surface area contributed by atoms with E-state index >= 15 is 0 Å². The number of aromatic nitrogens is 6. The monoisotopic (exact) mass is 795 g/mol. The molecule has 3 unspecified atom stereocenters. The fraction of sp³-hybridized carbons (Fsp3) is 0.516. The maximum absolute atomic E-state index is 12.4. The summed E-state index contributed by atoms with van der Waals surface area (Å²) in [6, 6.07) is 0. The Morgan fingerprint density at radius 2 is 1.37 bits per heavy atom. The molecule has 4 aromatic rings. The van der Waals surface area contributed by atoms with Crippen LogP contribution >= 0.6 is 22.7 Å². The van der Waals surface area contributed by atoms with E-state index in [0.717, 1.165) is 27.4 Å². The number of nitrogens with zero attached hydrogens (tertiary/aromatic N) is 5. The third kappa shape index (κ3) is 11.8. The van der Waals surface area contributed by atoms with Crippen molar-refractivity contribution in [1.82, 2.24) is 29.5 Å². The Morgan fingerprint density at radius 1 is 0.796 bits per heavy atom. The Balaban J connectivity index is 0.000000195. The van der Waals surface area contributed by atoms with E-state index in [9.17, 15) is 33.6 Å². The van der Waals surface area contributed by atoms with Gasteiger partial charge in [-0.05, 0) is 6.92 Å². The van der Waals surface area contributed by atoms with Crippen LogP contribution in [-0.4, -0.2) is 103 Å². The van der Waals surface area contributed by atoms with Crippen molar-refractivity contribution in [2.45, 2.75) is 91.3 Å². The number of hydrogen-bond donors (Lipinski definition) is 2. The minimum atomic E-state index is -0.952. The van der Waals surface area contributed by atoms with E-state index < -0.39 is 66.8 Å². The number of nitrogens with one attached hydrogen (secondary N) is 1. The summed E-state index contributed by atoms with van der Waals surface area (Å²) >= 11 is 2.06. The highest BCUT2D eigenvalue weighted by Crippen LogP contribution is 2.33. The lowest BCUT2D eigenvalue weighted by Crippen LogP contribution is -2.30. The Bertz CT molecular complexity index is 2090. The second-order valence-corrected chi connectivity index (χ2v) is 13.6. The number of carbonyl (C=O) groups is 5. The molecule has 23 heteroatoms. The predicted octanol–water partition coefficient (Wildman–Crippen LogP) is 1.06. The van der Waals surface area contributed by atoms with Crippen LogP contribution in [0.25, 0.3) is 20.7 Å². The van der Waals surface area contributed by atoms with Crippen molar-refractivity contribution in [2.24, 2.45) is 0 Å². The van der Waals surface area contributed by atoms with Gasteiger partial charge in [-0.15, -0.1) is 0 Å². The molecule has 2 saturated heterocycles. The highest BCUT2D eigenvalue weighted by atomic mass is 32.1. The van der Waals surface area contributed by atoms with Crippen LogP contribution in [0.1, 0.15) is 59.5 Å². The third-order valence-corrected chi connectivity index (χ3v) is 8.75. The number of anilines is 1. The van der Waals surface area contributed by atoms with Gasteiger partial charge < -0.3 is 38.9 Å². The van der Waals surface area contributed by atoms with Gasteiger partial charge in [0, 0.05) is 47.5 Å². The SMILES string of the molecule is CC(=O)OCC1CC(OC(C)=O)C(OC(C)=O)O1.CC(=O)OC[C@@H]1C[C@@H](OC(C)=O)[C@H](n2c(=O)sc3cnc(C)nc32)O1.Nc1ncc2sc(=O)[nH]c2n1. The number of rotatable bonds is 8. The van der Waals surface area contributed by atoms with Crippen molar-refractivity contribution in [1.29, 1.82) is 0 Å².